The minimum atomic E-state index is -0.538. The van der Waals surface area contributed by atoms with Gasteiger partial charge in [-0.25, -0.2) is 19.2 Å². The van der Waals surface area contributed by atoms with Gasteiger partial charge in [0.2, 0.25) is 5.88 Å². The molecule has 0 aliphatic carbocycles. The molecule has 0 saturated carbocycles. The zero-order valence-corrected chi connectivity index (χ0v) is 21.3. The summed E-state index contributed by atoms with van der Waals surface area (Å²) in [5, 5.41) is 13.8. The molecule has 0 radical (unpaired) electrons. The molecule has 1 aromatic carbocycles. The molecule has 4 heterocycles. The largest absolute Gasteiger partial charge is 0.473 e. The number of fused-ring (bicyclic) bond motifs is 2. The van der Waals surface area contributed by atoms with E-state index in [4.69, 9.17) is 20.2 Å². The van der Waals surface area contributed by atoms with Gasteiger partial charge in [0.25, 0.3) is 0 Å². The summed E-state index contributed by atoms with van der Waals surface area (Å²) >= 11 is 0. The van der Waals surface area contributed by atoms with E-state index in [0.717, 1.165) is 17.3 Å². The third-order valence-corrected chi connectivity index (χ3v) is 5.92. The van der Waals surface area contributed by atoms with E-state index in [9.17, 15) is 9.18 Å². The van der Waals surface area contributed by atoms with E-state index in [1.165, 1.54) is 6.07 Å². The first-order valence-electron chi connectivity index (χ1n) is 12.3. The average Bonchev–Trinajstić information content (AvgIpc) is 3.27. The Kier molecular flexibility index (Phi) is 6.97. The lowest BCUT2D eigenvalue weighted by atomic mass is 10.1. The van der Waals surface area contributed by atoms with Gasteiger partial charge in [-0.2, -0.15) is 9.61 Å². The van der Waals surface area contributed by atoms with Gasteiger partial charge in [-0.3, -0.25) is 5.32 Å². The van der Waals surface area contributed by atoms with Crippen molar-refractivity contribution in [2.45, 2.75) is 46.1 Å². The highest BCUT2D eigenvalue weighted by Gasteiger charge is 2.21. The van der Waals surface area contributed by atoms with Gasteiger partial charge in [0.15, 0.2) is 5.65 Å². The van der Waals surface area contributed by atoms with E-state index in [2.05, 4.69) is 26.0 Å². The Bertz CT molecular complexity index is 1470. The number of ether oxygens (including phenoxy) is 2. The topological polar surface area (TPSA) is 141 Å². The molecule has 0 fully saturated rings. The Morgan fingerprint density at radius 1 is 1.24 bits per heavy atom. The molecule has 11 nitrogen and oxygen atoms in total. The van der Waals surface area contributed by atoms with Gasteiger partial charge < -0.3 is 25.8 Å². The van der Waals surface area contributed by atoms with Crippen LogP contribution in [0.1, 0.15) is 31.9 Å². The van der Waals surface area contributed by atoms with Gasteiger partial charge in [-0.05, 0) is 44.5 Å². The molecule has 0 unspecified atom stereocenters. The van der Waals surface area contributed by atoms with Crippen molar-refractivity contribution in [2.75, 3.05) is 22.9 Å². The highest BCUT2D eigenvalue weighted by atomic mass is 19.1. The standard InChI is InChI=1S/C26H29FN8O3/c1-14(2)37-26(36)33-20-6-4-16(5-7-20)21-22(28)35-24-18(12-32-35)10-29-9-15(3)38-25-17(8-19(27)13-31-25)11-30-23(21)34-24/h4-8,12-15,29H,9-11,28H2,1-3H3,(H,30,34)(H,33,36)/t15-/m0/s1. The number of aromatic nitrogens is 4. The number of hydrogen-bond donors (Lipinski definition) is 4. The molecule has 0 saturated heterocycles. The lowest BCUT2D eigenvalue weighted by Gasteiger charge is -2.18. The fraction of sp³-hybridized carbons (Fsp3) is 0.308. The fourth-order valence-corrected chi connectivity index (χ4v) is 4.20. The Morgan fingerprint density at radius 3 is 2.79 bits per heavy atom. The molecule has 4 aromatic rings. The van der Waals surface area contributed by atoms with Gasteiger partial charge in [-0.1, -0.05) is 12.1 Å². The summed E-state index contributed by atoms with van der Waals surface area (Å²) in [4.78, 5) is 21.0. The number of hydrogen-bond acceptors (Lipinski definition) is 9. The Hall–Kier alpha value is -4.45. The predicted molar refractivity (Wildman–Crippen MR) is 141 cm³/mol. The fourth-order valence-electron chi connectivity index (χ4n) is 4.20. The summed E-state index contributed by atoms with van der Waals surface area (Å²) in [7, 11) is 0. The van der Waals surface area contributed by atoms with Crippen LogP contribution in [-0.2, 0) is 17.8 Å². The number of carbonyl (C=O) groups is 1. The number of carbonyl (C=O) groups excluding carboxylic acids is 1. The number of nitrogens with one attached hydrogen (secondary N) is 3. The number of nitrogen functional groups attached to an aromatic ring is 1. The van der Waals surface area contributed by atoms with Gasteiger partial charge in [0, 0.05) is 36.4 Å². The van der Waals surface area contributed by atoms with Crippen LogP contribution in [0, 0.1) is 5.82 Å². The molecule has 1 aliphatic rings. The first-order chi connectivity index (χ1) is 18.3. The smallest absolute Gasteiger partial charge is 0.411 e. The molecule has 1 atom stereocenters. The number of halogens is 1. The van der Waals surface area contributed by atoms with Crippen LogP contribution in [0.4, 0.5) is 26.5 Å². The van der Waals surface area contributed by atoms with Crippen molar-refractivity contribution < 1.29 is 18.7 Å². The van der Waals surface area contributed by atoms with E-state index in [-0.39, 0.29) is 18.8 Å². The summed E-state index contributed by atoms with van der Waals surface area (Å²) in [6.45, 7) is 6.70. The van der Waals surface area contributed by atoms with Crippen LogP contribution in [0.5, 0.6) is 5.88 Å². The third kappa shape index (κ3) is 5.30. The molecule has 1 amide bonds. The van der Waals surface area contributed by atoms with Crippen LogP contribution >= 0.6 is 0 Å². The molecule has 5 rings (SSSR count). The number of nitrogens with two attached hydrogens (primary N) is 1. The molecule has 5 N–H and O–H groups in total. The lowest BCUT2D eigenvalue weighted by Crippen LogP contribution is -2.29. The maximum atomic E-state index is 14.1. The molecule has 0 spiro atoms. The zero-order valence-electron chi connectivity index (χ0n) is 21.3. The third-order valence-electron chi connectivity index (χ3n) is 5.92. The highest BCUT2D eigenvalue weighted by Crippen LogP contribution is 2.35. The van der Waals surface area contributed by atoms with Crippen molar-refractivity contribution in [1.82, 2.24) is 24.9 Å². The molecule has 1 aliphatic heterocycles. The van der Waals surface area contributed by atoms with Crippen LogP contribution < -0.4 is 26.4 Å². The van der Waals surface area contributed by atoms with Crippen LogP contribution in [-0.4, -0.2) is 44.4 Å². The Balaban J connectivity index is 1.55. The predicted octanol–water partition coefficient (Wildman–Crippen LogP) is 3.95. The first kappa shape index (κ1) is 25.2. The Morgan fingerprint density at radius 2 is 2.03 bits per heavy atom. The van der Waals surface area contributed by atoms with Crippen LogP contribution in [0.15, 0.2) is 42.7 Å². The van der Waals surface area contributed by atoms with Crippen molar-refractivity contribution >= 4 is 29.1 Å². The molecule has 2 bridgehead atoms. The van der Waals surface area contributed by atoms with E-state index >= 15 is 0 Å². The van der Waals surface area contributed by atoms with Crippen molar-refractivity contribution in [3.63, 3.8) is 0 Å². The lowest BCUT2D eigenvalue weighted by molar-refractivity contribution is 0.130. The molecular formula is C26H29FN8O3. The average molecular weight is 521 g/mol. The van der Waals surface area contributed by atoms with Gasteiger partial charge in [0.1, 0.15) is 23.6 Å². The quantitative estimate of drug-likeness (QED) is 0.316. The number of anilines is 3. The second-order valence-corrected chi connectivity index (χ2v) is 9.31. The number of amides is 1. The number of pyridine rings is 1. The van der Waals surface area contributed by atoms with Gasteiger partial charge >= 0.3 is 6.09 Å². The maximum Gasteiger partial charge on any atom is 0.411 e. The van der Waals surface area contributed by atoms with E-state index < -0.39 is 11.9 Å². The summed E-state index contributed by atoms with van der Waals surface area (Å²) in [6.07, 6.45) is 1.88. The molecule has 38 heavy (non-hydrogen) atoms. The van der Waals surface area contributed by atoms with Crippen LogP contribution in [0.3, 0.4) is 0 Å². The normalized spacial score (nSPS) is 15.6. The van der Waals surface area contributed by atoms with Crippen molar-refractivity contribution in [2.24, 2.45) is 0 Å². The summed E-state index contributed by atoms with van der Waals surface area (Å²) in [5.74, 6) is 0.735. The molecule has 3 aromatic heterocycles. The van der Waals surface area contributed by atoms with Crippen LogP contribution in [0.25, 0.3) is 16.8 Å². The first-order valence-corrected chi connectivity index (χ1v) is 12.3. The molecular weight excluding hydrogens is 491 g/mol. The summed E-state index contributed by atoms with van der Waals surface area (Å²) < 4.78 is 26.8. The van der Waals surface area contributed by atoms with E-state index in [1.807, 2.05) is 19.1 Å². The van der Waals surface area contributed by atoms with Gasteiger partial charge in [-0.15, -0.1) is 0 Å². The molecule has 198 valence electrons. The minimum absolute atomic E-state index is 0.194. The Labute approximate surface area is 218 Å². The maximum absolute atomic E-state index is 14.1. The number of rotatable bonds is 3. The van der Waals surface area contributed by atoms with E-state index in [0.29, 0.717) is 53.1 Å². The second kappa shape index (κ2) is 10.5. The summed E-state index contributed by atoms with van der Waals surface area (Å²) in [5.41, 5.74) is 10.5. The van der Waals surface area contributed by atoms with Crippen molar-refractivity contribution in [3.05, 3.63) is 59.7 Å². The zero-order chi connectivity index (χ0) is 26.8. The highest BCUT2D eigenvalue weighted by molar-refractivity contribution is 5.88. The number of nitrogens with zero attached hydrogens (tertiary/aromatic N) is 4. The van der Waals surface area contributed by atoms with Crippen molar-refractivity contribution in [3.8, 4) is 17.0 Å². The van der Waals surface area contributed by atoms with Crippen LogP contribution in [0.2, 0.25) is 0 Å². The van der Waals surface area contributed by atoms with Crippen molar-refractivity contribution in [1.29, 1.82) is 0 Å². The summed E-state index contributed by atoms with van der Waals surface area (Å²) in [6, 6.07) is 8.51. The minimum Gasteiger partial charge on any atom is -0.473 e. The van der Waals surface area contributed by atoms with Gasteiger partial charge in [0.05, 0.1) is 24.1 Å². The van der Waals surface area contributed by atoms with E-state index in [1.54, 1.807) is 36.7 Å². The SMILES string of the molecule is CC(C)OC(=O)Nc1ccc(-c2c3nc4c(cnn4c2N)CNC[C@H](C)Oc2ncc(F)cc2CN3)cc1. The number of benzene rings is 1. The molecule has 12 heteroatoms. The second-order valence-electron chi connectivity index (χ2n) is 9.31. The monoisotopic (exact) mass is 520 g/mol.